The van der Waals surface area contributed by atoms with Crippen LogP contribution in [0.25, 0.3) is 0 Å². The molecule has 0 spiro atoms. The zero-order valence-corrected chi connectivity index (χ0v) is 11.0. The minimum Gasteiger partial charge on any atom is -0.469 e. The summed E-state index contributed by atoms with van der Waals surface area (Å²) in [6, 6.07) is 0. The van der Waals surface area contributed by atoms with E-state index in [0.29, 0.717) is 6.42 Å². The Kier molecular flexibility index (Phi) is 5.40. The topological polar surface area (TPSA) is 52.6 Å². The van der Waals surface area contributed by atoms with E-state index in [0.717, 1.165) is 0 Å². The first-order chi connectivity index (χ1) is 6.35. The van der Waals surface area contributed by atoms with Gasteiger partial charge in [0, 0.05) is 0 Å². The zero-order valence-electron chi connectivity index (χ0n) is 8.80. The minimum atomic E-state index is -0.680. The van der Waals surface area contributed by atoms with Gasteiger partial charge < -0.3 is 9.47 Å². The van der Waals surface area contributed by atoms with E-state index in [4.69, 9.17) is 0 Å². The highest BCUT2D eigenvalue weighted by Gasteiger charge is 2.34. The second-order valence-electron chi connectivity index (χ2n) is 3.32. The minimum absolute atomic E-state index is 0.305. The summed E-state index contributed by atoms with van der Waals surface area (Å²) in [5.74, 6) is -0.938. The number of halogens is 1. The average molecular weight is 314 g/mol. The second-order valence-corrected chi connectivity index (χ2v) is 5.70. The summed E-state index contributed by atoms with van der Waals surface area (Å²) in [4.78, 5) is 22.4. The normalized spacial score (nSPS) is 16.6. The second kappa shape index (κ2) is 5.53. The van der Waals surface area contributed by atoms with Crippen LogP contribution >= 0.6 is 22.6 Å². The molecule has 2 atom stereocenters. The fourth-order valence-electron chi connectivity index (χ4n) is 1.16. The van der Waals surface area contributed by atoms with Gasteiger partial charge in [-0.25, -0.2) is 0 Å². The van der Waals surface area contributed by atoms with E-state index in [9.17, 15) is 9.59 Å². The van der Waals surface area contributed by atoms with Crippen LogP contribution < -0.4 is 0 Å². The molecule has 0 rings (SSSR count). The lowest BCUT2D eigenvalue weighted by molar-refractivity contribution is -0.147. The third kappa shape index (κ3) is 3.81. The van der Waals surface area contributed by atoms with Crippen molar-refractivity contribution < 1.29 is 19.1 Å². The van der Waals surface area contributed by atoms with Crippen LogP contribution in [-0.4, -0.2) is 29.6 Å². The van der Waals surface area contributed by atoms with Gasteiger partial charge in [-0.05, 0) is 13.3 Å². The zero-order chi connectivity index (χ0) is 11.4. The Morgan fingerprint density at radius 1 is 1.36 bits per heavy atom. The van der Waals surface area contributed by atoms with Crippen LogP contribution in [0.5, 0.6) is 0 Å². The van der Waals surface area contributed by atoms with Crippen molar-refractivity contribution in [1.82, 2.24) is 0 Å². The van der Waals surface area contributed by atoms with Gasteiger partial charge in [-0.1, -0.05) is 29.5 Å². The van der Waals surface area contributed by atoms with Gasteiger partial charge in [-0.3, -0.25) is 9.59 Å². The van der Waals surface area contributed by atoms with E-state index in [1.807, 2.05) is 22.6 Å². The molecule has 0 fully saturated rings. The maximum absolute atomic E-state index is 11.3. The fourth-order valence-corrected chi connectivity index (χ4v) is 2.04. The number of hydrogen-bond acceptors (Lipinski definition) is 4. The molecule has 0 saturated carbocycles. The Morgan fingerprint density at radius 2 is 1.86 bits per heavy atom. The number of rotatable bonds is 4. The van der Waals surface area contributed by atoms with E-state index in [1.54, 1.807) is 13.8 Å². The molecule has 0 aliphatic carbocycles. The maximum Gasteiger partial charge on any atom is 0.321 e. The molecule has 0 saturated heterocycles. The summed E-state index contributed by atoms with van der Waals surface area (Å²) in [5, 5.41) is 0. The molecule has 4 nitrogen and oxygen atoms in total. The van der Waals surface area contributed by atoms with Gasteiger partial charge >= 0.3 is 11.9 Å². The van der Waals surface area contributed by atoms with Gasteiger partial charge in [0.05, 0.1) is 20.1 Å². The highest BCUT2D eigenvalue weighted by atomic mass is 127. The molecular weight excluding hydrogens is 299 g/mol. The van der Waals surface area contributed by atoms with E-state index >= 15 is 0 Å². The van der Waals surface area contributed by atoms with Crippen molar-refractivity contribution in [2.24, 2.45) is 5.92 Å². The van der Waals surface area contributed by atoms with Crippen molar-refractivity contribution in [3.05, 3.63) is 0 Å². The van der Waals surface area contributed by atoms with Crippen LogP contribution in [0, 0.1) is 5.92 Å². The SMILES string of the molecule is COC(=O)C(C)CC(C)(I)C(=O)OC. The number of methoxy groups -OCH3 is 2. The van der Waals surface area contributed by atoms with E-state index in [1.165, 1.54) is 14.2 Å². The van der Waals surface area contributed by atoms with E-state index in [-0.39, 0.29) is 17.9 Å². The lowest BCUT2D eigenvalue weighted by Crippen LogP contribution is -2.33. The van der Waals surface area contributed by atoms with Gasteiger partial charge in [-0.2, -0.15) is 0 Å². The number of esters is 2. The molecule has 14 heavy (non-hydrogen) atoms. The standard InChI is InChI=1S/C9H15IO4/c1-6(7(11)13-3)5-9(2,10)8(12)14-4/h6H,5H2,1-4H3. The highest BCUT2D eigenvalue weighted by molar-refractivity contribution is 14.1. The molecule has 0 aromatic heterocycles. The van der Waals surface area contributed by atoms with Gasteiger partial charge in [-0.15, -0.1) is 0 Å². The number of ether oxygens (including phenoxy) is 2. The molecule has 0 radical (unpaired) electrons. The summed E-state index contributed by atoms with van der Waals surface area (Å²) in [7, 11) is 2.67. The summed E-state index contributed by atoms with van der Waals surface area (Å²) >= 11 is 1.98. The third-order valence-corrected chi connectivity index (χ3v) is 2.78. The molecule has 82 valence electrons. The van der Waals surface area contributed by atoms with Gasteiger partial charge in [0.2, 0.25) is 0 Å². The van der Waals surface area contributed by atoms with Crippen molar-refractivity contribution >= 4 is 34.5 Å². The first-order valence-electron chi connectivity index (χ1n) is 4.20. The highest BCUT2D eigenvalue weighted by Crippen LogP contribution is 2.28. The molecule has 0 N–H and O–H groups in total. The third-order valence-electron chi connectivity index (χ3n) is 1.90. The van der Waals surface area contributed by atoms with Crippen molar-refractivity contribution in [1.29, 1.82) is 0 Å². The van der Waals surface area contributed by atoms with E-state index < -0.39 is 3.42 Å². The smallest absolute Gasteiger partial charge is 0.321 e. The predicted molar refractivity (Wildman–Crippen MR) is 60.2 cm³/mol. The summed E-state index contributed by atoms with van der Waals surface area (Å²) < 4.78 is 8.53. The molecule has 0 heterocycles. The van der Waals surface area contributed by atoms with Crippen molar-refractivity contribution in [2.45, 2.75) is 23.7 Å². The fraction of sp³-hybridized carbons (Fsp3) is 0.778. The van der Waals surface area contributed by atoms with Crippen LogP contribution in [0.3, 0.4) is 0 Å². The van der Waals surface area contributed by atoms with Crippen molar-refractivity contribution in [3.8, 4) is 0 Å². The van der Waals surface area contributed by atoms with Crippen LogP contribution in [0.15, 0.2) is 0 Å². The Bertz CT molecular complexity index is 225. The van der Waals surface area contributed by atoms with Crippen LogP contribution in [-0.2, 0) is 19.1 Å². The lowest BCUT2D eigenvalue weighted by atomic mass is 9.97. The number of hydrogen-bond donors (Lipinski definition) is 0. The quantitative estimate of drug-likeness (QED) is 0.449. The Balaban J connectivity index is 4.35. The molecule has 0 aliphatic rings. The Labute approximate surface area is 97.5 Å². The molecule has 0 bridgehead atoms. The van der Waals surface area contributed by atoms with Crippen LogP contribution in [0.1, 0.15) is 20.3 Å². The first-order valence-corrected chi connectivity index (χ1v) is 5.28. The van der Waals surface area contributed by atoms with Crippen LogP contribution in [0.2, 0.25) is 0 Å². The molecule has 0 aromatic rings. The van der Waals surface area contributed by atoms with Gasteiger partial charge in [0.25, 0.3) is 0 Å². The van der Waals surface area contributed by atoms with Gasteiger partial charge in [0.15, 0.2) is 0 Å². The molecular formula is C9H15IO4. The number of carbonyl (C=O) groups is 2. The van der Waals surface area contributed by atoms with Crippen molar-refractivity contribution in [3.63, 3.8) is 0 Å². The Morgan fingerprint density at radius 3 is 2.21 bits per heavy atom. The first kappa shape index (κ1) is 13.7. The lowest BCUT2D eigenvalue weighted by Gasteiger charge is -2.22. The number of alkyl halides is 1. The number of carbonyl (C=O) groups excluding carboxylic acids is 2. The van der Waals surface area contributed by atoms with Gasteiger partial charge in [0.1, 0.15) is 3.42 Å². The molecule has 2 unspecified atom stereocenters. The summed E-state index contributed by atoms with van der Waals surface area (Å²) in [5.41, 5.74) is 0. The summed E-state index contributed by atoms with van der Waals surface area (Å²) in [6.07, 6.45) is 0.410. The molecule has 5 heteroatoms. The molecule has 0 aliphatic heterocycles. The monoisotopic (exact) mass is 314 g/mol. The van der Waals surface area contributed by atoms with Crippen LogP contribution in [0.4, 0.5) is 0 Å². The Hall–Kier alpha value is -0.330. The maximum atomic E-state index is 11.3. The van der Waals surface area contributed by atoms with Crippen molar-refractivity contribution in [2.75, 3.05) is 14.2 Å². The molecule has 0 amide bonds. The average Bonchev–Trinajstić information content (AvgIpc) is 2.14. The summed E-state index contributed by atoms with van der Waals surface area (Å²) in [6.45, 7) is 3.46. The van der Waals surface area contributed by atoms with E-state index in [2.05, 4.69) is 9.47 Å². The predicted octanol–water partition coefficient (Wildman–Crippen LogP) is 1.55. The largest absolute Gasteiger partial charge is 0.469 e. The molecule has 0 aromatic carbocycles.